The first-order valence-corrected chi connectivity index (χ1v) is 10.3. The zero-order valence-electron chi connectivity index (χ0n) is 18.1. The smallest absolute Gasteiger partial charge is 0.144 e. The van der Waals surface area contributed by atoms with Crippen LogP contribution >= 0.6 is 0 Å². The standard InChI is InChI=1S/C26H34O2/c1-24(2,3)23(27)22-21(19-15-11-8-12-16-19)20(18-13-9-7-10-14-18)17-26(22,28)25(4,5)6/h7-16,20-22,28H,17H2,1-6H3. The molecule has 2 aromatic rings. The summed E-state index contributed by atoms with van der Waals surface area (Å²) >= 11 is 0. The molecule has 1 fully saturated rings. The quantitative estimate of drug-likeness (QED) is 0.715. The Kier molecular flexibility index (Phi) is 5.31. The largest absolute Gasteiger partial charge is 0.389 e. The number of rotatable bonds is 3. The minimum atomic E-state index is -1.07. The Morgan fingerprint density at radius 1 is 0.857 bits per heavy atom. The Morgan fingerprint density at radius 2 is 1.32 bits per heavy atom. The van der Waals surface area contributed by atoms with Gasteiger partial charge in [0.25, 0.3) is 0 Å². The summed E-state index contributed by atoms with van der Waals surface area (Å²) in [5, 5.41) is 12.1. The molecule has 2 heteroatoms. The third-order valence-electron chi connectivity index (χ3n) is 6.57. The van der Waals surface area contributed by atoms with Gasteiger partial charge in [-0.05, 0) is 28.9 Å². The molecule has 0 radical (unpaired) electrons. The third kappa shape index (κ3) is 3.55. The van der Waals surface area contributed by atoms with E-state index >= 15 is 0 Å². The van der Waals surface area contributed by atoms with E-state index in [9.17, 15) is 9.90 Å². The lowest BCUT2D eigenvalue weighted by atomic mass is 9.63. The highest BCUT2D eigenvalue weighted by atomic mass is 16.3. The van der Waals surface area contributed by atoms with Gasteiger partial charge in [-0.3, -0.25) is 4.79 Å². The van der Waals surface area contributed by atoms with Crippen LogP contribution < -0.4 is 0 Å². The van der Waals surface area contributed by atoms with Crippen molar-refractivity contribution in [2.24, 2.45) is 16.7 Å². The van der Waals surface area contributed by atoms with E-state index in [0.29, 0.717) is 6.42 Å². The van der Waals surface area contributed by atoms with Crippen molar-refractivity contribution in [3.05, 3.63) is 71.8 Å². The van der Waals surface area contributed by atoms with Crippen LogP contribution in [-0.2, 0) is 4.79 Å². The van der Waals surface area contributed by atoms with E-state index in [-0.39, 0.29) is 17.6 Å². The lowest BCUT2D eigenvalue weighted by Crippen LogP contribution is -2.52. The molecule has 4 atom stereocenters. The van der Waals surface area contributed by atoms with Crippen molar-refractivity contribution < 1.29 is 9.90 Å². The van der Waals surface area contributed by atoms with Gasteiger partial charge in [0.1, 0.15) is 5.78 Å². The zero-order chi connectivity index (χ0) is 20.7. The monoisotopic (exact) mass is 378 g/mol. The molecule has 4 unspecified atom stereocenters. The summed E-state index contributed by atoms with van der Waals surface area (Å²) in [4.78, 5) is 13.7. The minimum absolute atomic E-state index is 0.0421. The minimum Gasteiger partial charge on any atom is -0.389 e. The highest BCUT2D eigenvalue weighted by Crippen LogP contribution is 2.61. The van der Waals surface area contributed by atoms with Crippen molar-refractivity contribution in [2.45, 2.75) is 65.4 Å². The second-order valence-corrected chi connectivity index (χ2v) is 10.4. The molecule has 0 amide bonds. The molecule has 0 spiro atoms. The summed E-state index contributed by atoms with van der Waals surface area (Å²) in [5.41, 5.74) is 0.345. The van der Waals surface area contributed by atoms with Crippen LogP contribution in [0.2, 0.25) is 0 Å². The van der Waals surface area contributed by atoms with Crippen LogP contribution in [0.4, 0.5) is 0 Å². The van der Waals surface area contributed by atoms with E-state index < -0.39 is 22.3 Å². The summed E-state index contributed by atoms with van der Waals surface area (Å²) in [6, 6.07) is 20.7. The number of hydrogen-bond acceptors (Lipinski definition) is 2. The Balaban J connectivity index is 2.24. The molecule has 3 rings (SSSR count). The number of hydrogen-bond donors (Lipinski definition) is 1. The number of aliphatic hydroxyl groups is 1. The third-order valence-corrected chi connectivity index (χ3v) is 6.57. The Morgan fingerprint density at radius 3 is 1.75 bits per heavy atom. The van der Waals surface area contributed by atoms with Crippen molar-refractivity contribution in [3.63, 3.8) is 0 Å². The molecule has 0 heterocycles. The van der Waals surface area contributed by atoms with Crippen LogP contribution in [0.25, 0.3) is 0 Å². The van der Waals surface area contributed by atoms with E-state index in [0.717, 1.165) is 5.56 Å². The predicted molar refractivity (Wildman–Crippen MR) is 115 cm³/mol. The fraction of sp³-hybridized carbons (Fsp3) is 0.500. The fourth-order valence-corrected chi connectivity index (χ4v) is 4.86. The molecule has 2 nitrogen and oxygen atoms in total. The van der Waals surface area contributed by atoms with Crippen LogP contribution in [-0.4, -0.2) is 16.5 Å². The van der Waals surface area contributed by atoms with Gasteiger partial charge in [0.05, 0.1) is 11.5 Å². The van der Waals surface area contributed by atoms with Crippen molar-refractivity contribution in [1.29, 1.82) is 0 Å². The first-order valence-electron chi connectivity index (χ1n) is 10.3. The van der Waals surface area contributed by atoms with Crippen LogP contribution in [0.1, 0.15) is 70.9 Å². The van der Waals surface area contributed by atoms with Crippen molar-refractivity contribution in [2.75, 3.05) is 0 Å². The normalized spacial score (nSPS) is 28.3. The lowest BCUT2D eigenvalue weighted by molar-refractivity contribution is -0.149. The van der Waals surface area contributed by atoms with E-state index in [1.807, 2.05) is 57.2 Å². The molecule has 0 aromatic heterocycles. The first-order chi connectivity index (χ1) is 13.0. The lowest BCUT2D eigenvalue weighted by Gasteiger charge is -2.44. The van der Waals surface area contributed by atoms with E-state index in [4.69, 9.17) is 0 Å². The number of carbonyl (C=O) groups excluding carboxylic acids is 1. The number of ketones is 1. The van der Waals surface area contributed by atoms with Gasteiger partial charge in [0.2, 0.25) is 0 Å². The molecule has 28 heavy (non-hydrogen) atoms. The number of Topliss-reactive ketones (excluding diaryl/α,β-unsaturated/α-hetero) is 1. The SMILES string of the molecule is CC(C)(C)C(=O)C1C(c2ccccc2)C(c2ccccc2)CC1(O)C(C)(C)C. The highest BCUT2D eigenvalue weighted by molar-refractivity contribution is 5.88. The molecule has 0 bridgehead atoms. The van der Waals surface area contributed by atoms with Crippen molar-refractivity contribution in [3.8, 4) is 0 Å². The summed E-state index contributed by atoms with van der Waals surface area (Å²) in [6.07, 6.45) is 0.590. The van der Waals surface area contributed by atoms with Gasteiger partial charge in [0.15, 0.2) is 0 Å². The van der Waals surface area contributed by atoms with Gasteiger partial charge in [-0.25, -0.2) is 0 Å². The molecule has 0 saturated heterocycles. The van der Waals surface area contributed by atoms with Gasteiger partial charge in [0, 0.05) is 11.3 Å². The summed E-state index contributed by atoms with van der Waals surface area (Å²) in [7, 11) is 0. The average molecular weight is 379 g/mol. The molecule has 1 aliphatic rings. The molecule has 1 N–H and O–H groups in total. The fourth-order valence-electron chi connectivity index (χ4n) is 4.86. The number of carbonyl (C=O) groups is 1. The van der Waals surface area contributed by atoms with E-state index in [1.165, 1.54) is 5.56 Å². The van der Waals surface area contributed by atoms with Crippen LogP contribution in [0, 0.1) is 16.7 Å². The molecule has 1 aliphatic carbocycles. The molecule has 1 saturated carbocycles. The van der Waals surface area contributed by atoms with Crippen LogP contribution in [0.15, 0.2) is 60.7 Å². The molecule has 0 aliphatic heterocycles. The number of benzene rings is 2. The Labute approximate surface area is 170 Å². The summed E-state index contributed by atoms with van der Waals surface area (Å²) in [6.45, 7) is 12.1. The molecular formula is C26H34O2. The van der Waals surface area contributed by atoms with E-state index in [1.54, 1.807) is 0 Å². The predicted octanol–water partition coefficient (Wildman–Crippen LogP) is 5.97. The summed E-state index contributed by atoms with van der Waals surface area (Å²) in [5.74, 6) is -0.235. The van der Waals surface area contributed by atoms with Gasteiger partial charge in [-0.1, -0.05) is 102 Å². The van der Waals surface area contributed by atoms with Crippen molar-refractivity contribution >= 4 is 5.78 Å². The maximum Gasteiger partial charge on any atom is 0.144 e. The second-order valence-electron chi connectivity index (χ2n) is 10.4. The molecular weight excluding hydrogens is 344 g/mol. The van der Waals surface area contributed by atoms with Gasteiger partial charge in [-0.15, -0.1) is 0 Å². The molecule has 150 valence electrons. The van der Waals surface area contributed by atoms with Crippen LogP contribution in [0.3, 0.4) is 0 Å². The maximum absolute atomic E-state index is 13.7. The van der Waals surface area contributed by atoms with Gasteiger partial charge in [-0.2, -0.15) is 0 Å². The van der Waals surface area contributed by atoms with E-state index in [2.05, 4.69) is 45.0 Å². The van der Waals surface area contributed by atoms with Crippen LogP contribution in [0.5, 0.6) is 0 Å². The Hall–Kier alpha value is -1.93. The molecule has 2 aromatic carbocycles. The van der Waals surface area contributed by atoms with Gasteiger partial charge >= 0.3 is 0 Å². The summed E-state index contributed by atoms with van der Waals surface area (Å²) < 4.78 is 0. The van der Waals surface area contributed by atoms with Crippen molar-refractivity contribution in [1.82, 2.24) is 0 Å². The topological polar surface area (TPSA) is 37.3 Å². The maximum atomic E-state index is 13.7. The average Bonchev–Trinajstić information content (AvgIpc) is 2.96. The zero-order valence-corrected chi connectivity index (χ0v) is 18.1. The second kappa shape index (κ2) is 7.15. The first kappa shape index (κ1) is 20.8. The Bertz CT molecular complexity index is 811. The highest BCUT2D eigenvalue weighted by Gasteiger charge is 2.62. The van der Waals surface area contributed by atoms with Gasteiger partial charge < -0.3 is 5.11 Å².